The summed E-state index contributed by atoms with van der Waals surface area (Å²) in [4.78, 5) is 12.3. The van der Waals surface area contributed by atoms with E-state index in [1.54, 1.807) is 0 Å². The summed E-state index contributed by atoms with van der Waals surface area (Å²) in [6, 6.07) is 0. The molecule has 2 rings (SSSR count). The van der Waals surface area contributed by atoms with E-state index in [-0.39, 0.29) is 22.7 Å². The van der Waals surface area contributed by atoms with Gasteiger partial charge in [-0.05, 0) is 24.7 Å². The van der Waals surface area contributed by atoms with Crippen LogP contribution in [-0.2, 0) is 4.79 Å². The molecule has 17 heavy (non-hydrogen) atoms. The fraction of sp³-hybridized carbons (Fsp3) is 0.692. The average Bonchev–Trinajstić information content (AvgIpc) is 2.47. The van der Waals surface area contributed by atoms with E-state index in [4.69, 9.17) is 0 Å². The average molecular weight is 235 g/mol. The molecule has 1 aromatic rings. The van der Waals surface area contributed by atoms with Crippen molar-refractivity contribution in [2.45, 2.75) is 41.5 Å². The van der Waals surface area contributed by atoms with Crippen molar-refractivity contribution in [3.05, 3.63) is 11.4 Å². The summed E-state index contributed by atoms with van der Waals surface area (Å²) in [5.74, 6) is 0.177. The van der Waals surface area contributed by atoms with Crippen LogP contribution in [0.4, 0.5) is 5.69 Å². The maximum Gasteiger partial charge on any atom is 0.228 e. The molecule has 0 aliphatic heterocycles. The molecule has 1 aliphatic rings. The molecule has 0 atom stereocenters. The van der Waals surface area contributed by atoms with Crippen LogP contribution in [0.3, 0.4) is 0 Å². The first-order chi connectivity index (χ1) is 7.69. The Kier molecular flexibility index (Phi) is 2.39. The summed E-state index contributed by atoms with van der Waals surface area (Å²) >= 11 is 0. The van der Waals surface area contributed by atoms with Crippen LogP contribution in [0.15, 0.2) is 0 Å². The minimum atomic E-state index is 0.0721. The van der Waals surface area contributed by atoms with Crippen molar-refractivity contribution in [2.24, 2.45) is 16.7 Å². The van der Waals surface area contributed by atoms with Crippen LogP contribution in [0.1, 0.15) is 39.1 Å². The fourth-order valence-corrected chi connectivity index (χ4v) is 2.78. The van der Waals surface area contributed by atoms with E-state index in [9.17, 15) is 4.79 Å². The highest BCUT2D eigenvalue weighted by Gasteiger charge is 2.68. The third-order valence-electron chi connectivity index (χ3n) is 4.66. The van der Waals surface area contributed by atoms with Crippen molar-refractivity contribution in [2.75, 3.05) is 5.32 Å². The molecule has 94 valence electrons. The minimum absolute atomic E-state index is 0.0721. The van der Waals surface area contributed by atoms with Gasteiger partial charge in [-0.3, -0.25) is 9.89 Å². The third kappa shape index (κ3) is 1.58. The van der Waals surface area contributed by atoms with Crippen LogP contribution in [0.25, 0.3) is 0 Å². The highest BCUT2D eigenvalue weighted by atomic mass is 16.2. The summed E-state index contributed by atoms with van der Waals surface area (Å²) in [6.07, 6.45) is 0. The number of aryl methyl sites for hydroxylation is 2. The number of anilines is 1. The zero-order chi connectivity index (χ0) is 13.0. The van der Waals surface area contributed by atoms with Gasteiger partial charge in [0.05, 0.1) is 17.1 Å². The van der Waals surface area contributed by atoms with E-state index in [2.05, 4.69) is 43.2 Å². The van der Waals surface area contributed by atoms with Crippen LogP contribution < -0.4 is 5.32 Å². The van der Waals surface area contributed by atoms with Crippen LogP contribution in [0, 0.1) is 30.6 Å². The van der Waals surface area contributed by atoms with E-state index < -0.39 is 0 Å². The number of aromatic amines is 1. The lowest BCUT2D eigenvalue weighted by Crippen LogP contribution is -2.18. The monoisotopic (exact) mass is 235 g/mol. The number of H-pyrrole nitrogens is 1. The number of rotatable bonds is 2. The number of carbonyl (C=O) groups excluding carboxylic acids is 1. The molecular formula is C13H21N3O. The quantitative estimate of drug-likeness (QED) is 0.828. The van der Waals surface area contributed by atoms with Crippen LogP contribution >= 0.6 is 0 Å². The second-order valence-electron chi connectivity index (χ2n) is 6.17. The first kappa shape index (κ1) is 12.1. The lowest BCUT2D eigenvalue weighted by Gasteiger charge is -2.06. The van der Waals surface area contributed by atoms with Gasteiger partial charge < -0.3 is 5.32 Å². The van der Waals surface area contributed by atoms with E-state index in [0.717, 1.165) is 17.1 Å². The number of hydrogen-bond acceptors (Lipinski definition) is 2. The van der Waals surface area contributed by atoms with E-state index >= 15 is 0 Å². The molecule has 1 aromatic heterocycles. The second kappa shape index (κ2) is 3.34. The van der Waals surface area contributed by atoms with Crippen LogP contribution in [-0.4, -0.2) is 16.1 Å². The predicted molar refractivity (Wildman–Crippen MR) is 67.7 cm³/mol. The smallest absolute Gasteiger partial charge is 0.228 e. The number of hydrogen-bond donors (Lipinski definition) is 2. The standard InChI is InChI=1S/C13H21N3O/c1-7-9(8(2)16-15-7)14-11(17)10-12(3,4)13(10,5)6/h10H,1-6H3,(H,14,17)(H,15,16). The molecule has 1 fully saturated rings. The third-order valence-corrected chi connectivity index (χ3v) is 4.66. The molecule has 0 radical (unpaired) electrons. The van der Waals surface area contributed by atoms with Gasteiger partial charge in [-0.25, -0.2) is 0 Å². The first-order valence-corrected chi connectivity index (χ1v) is 6.02. The second-order valence-corrected chi connectivity index (χ2v) is 6.17. The molecule has 0 unspecified atom stereocenters. The van der Waals surface area contributed by atoms with Crippen molar-refractivity contribution in [1.29, 1.82) is 0 Å². The van der Waals surface area contributed by atoms with Gasteiger partial charge in [-0.2, -0.15) is 5.10 Å². The minimum Gasteiger partial charge on any atom is -0.323 e. The summed E-state index contributed by atoms with van der Waals surface area (Å²) in [7, 11) is 0. The van der Waals surface area contributed by atoms with Gasteiger partial charge in [0.2, 0.25) is 5.91 Å². The van der Waals surface area contributed by atoms with Gasteiger partial charge in [-0.1, -0.05) is 27.7 Å². The number of carbonyl (C=O) groups is 1. The molecule has 0 saturated heterocycles. The number of nitrogens with zero attached hydrogens (tertiary/aromatic N) is 1. The molecule has 0 aromatic carbocycles. The van der Waals surface area contributed by atoms with E-state index in [1.807, 2.05) is 13.8 Å². The number of aromatic nitrogens is 2. The molecule has 1 amide bonds. The van der Waals surface area contributed by atoms with Crippen molar-refractivity contribution in [3.63, 3.8) is 0 Å². The van der Waals surface area contributed by atoms with Crippen molar-refractivity contribution in [1.82, 2.24) is 10.2 Å². The Labute approximate surface area is 102 Å². The van der Waals surface area contributed by atoms with Gasteiger partial charge >= 0.3 is 0 Å². The summed E-state index contributed by atoms with van der Waals surface area (Å²) in [6.45, 7) is 12.4. The highest BCUT2D eigenvalue weighted by molar-refractivity contribution is 5.96. The lowest BCUT2D eigenvalue weighted by atomic mass is 10.0. The maximum absolute atomic E-state index is 12.3. The van der Waals surface area contributed by atoms with Gasteiger partial charge in [-0.15, -0.1) is 0 Å². The zero-order valence-corrected chi connectivity index (χ0v) is 11.4. The van der Waals surface area contributed by atoms with E-state index in [1.165, 1.54) is 0 Å². The van der Waals surface area contributed by atoms with Crippen LogP contribution in [0.5, 0.6) is 0 Å². The maximum atomic E-state index is 12.3. The van der Waals surface area contributed by atoms with Gasteiger partial charge in [0, 0.05) is 5.92 Å². The van der Waals surface area contributed by atoms with Crippen molar-refractivity contribution < 1.29 is 4.79 Å². The molecule has 0 spiro atoms. The SMILES string of the molecule is Cc1n[nH]c(C)c1NC(=O)C1C(C)(C)C1(C)C. The number of amides is 1. The fourth-order valence-electron chi connectivity index (χ4n) is 2.78. The van der Waals surface area contributed by atoms with Gasteiger partial charge in [0.15, 0.2) is 0 Å². The first-order valence-electron chi connectivity index (χ1n) is 6.02. The normalized spacial score (nSPS) is 21.3. The van der Waals surface area contributed by atoms with Crippen molar-refractivity contribution >= 4 is 11.6 Å². The topological polar surface area (TPSA) is 57.8 Å². The summed E-state index contributed by atoms with van der Waals surface area (Å²) < 4.78 is 0. The summed E-state index contributed by atoms with van der Waals surface area (Å²) in [5.41, 5.74) is 2.72. The Bertz CT molecular complexity index is 438. The molecule has 4 nitrogen and oxygen atoms in total. The van der Waals surface area contributed by atoms with Gasteiger partial charge in [0.25, 0.3) is 0 Å². The molecule has 2 N–H and O–H groups in total. The Morgan fingerprint density at radius 1 is 1.24 bits per heavy atom. The Morgan fingerprint density at radius 3 is 2.12 bits per heavy atom. The Balaban J connectivity index is 2.15. The number of nitrogens with one attached hydrogen (secondary N) is 2. The Morgan fingerprint density at radius 2 is 1.76 bits per heavy atom. The molecule has 1 aliphatic carbocycles. The van der Waals surface area contributed by atoms with Crippen molar-refractivity contribution in [3.8, 4) is 0 Å². The molecule has 1 saturated carbocycles. The summed E-state index contributed by atoms with van der Waals surface area (Å²) in [5, 5.41) is 9.96. The van der Waals surface area contributed by atoms with Crippen LogP contribution in [0.2, 0.25) is 0 Å². The molecule has 1 heterocycles. The molecule has 4 heteroatoms. The predicted octanol–water partition coefficient (Wildman–Crippen LogP) is 2.65. The highest BCUT2D eigenvalue weighted by Crippen LogP contribution is 2.68. The zero-order valence-electron chi connectivity index (χ0n) is 11.4. The molecular weight excluding hydrogens is 214 g/mol. The molecule has 0 bridgehead atoms. The largest absolute Gasteiger partial charge is 0.323 e. The lowest BCUT2D eigenvalue weighted by molar-refractivity contribution is -0.118. The van der Waals surface area contributed by atoms with Gasteiger partial charge in [0.1, 0.15) is 0 Å². The Hall–Kier alpha value is -1.32. The van der Waals surface area contributed by atoms with E-state index in [0.29, 0.717) is 0 Å².